The Bertz CT molecular complexity index is 464. The predicted molar refractivity (Wildman–Crippen MR) is 91.7 cm³/mol. The van der Waals surface area contributed by atoms with E-state index in [-0.39, 0.29) is 29.6 Å². The molecule has 2 rings (SSSR count). The zero-order chi connectivity index (χ0) is 18.0. The fraction of sp³-hybridized carbons (Fsp3) is 0.889. The van der Waals surface area contributed by atoms with Crippen molar-refractivity contribution < 1.29 is 19.1 Å². The van der Waals surface area contributed by atoms with Gasteiger partial charge in [0.15, 0.2) is 0 Å². The first-order valence-electron chi connectivity index (χ1n) is 9.07. The summed E-state index contributed by atoms with van der Waals surface area (Å²) in [6.45, 7) is 9.70. The lowest BCUT2D eigenvalue weighted by molar-refractivity contribution is -0.145. The van der Waals surface area contributed by atoms with Gasteiger partial charge < -0.3 is 20.1 Å². The van der Waals surface area contributed by atoms with Crippen LogP contribution in [0.4, 0.5) is 4.79 Å². The van der Waals surface area contributed by atoms with Crippen LogP contribution in [-0.4, -0.2) is 42.4 Å². The smallest absolute Gasteiger partial charge is 0.407 e. The van der Waals surface area contributed by atoms with Crippen LogP contribution in [0, 0.1) is 5.41 Å². The summed E-state index contributed by atoms with van der Waals surface area (Å²) in [6, 6.07) is 0.312. The van der Waals surface area contributed by atoms with Gasteiger partial charge in [-0.1, -0.05) is 0 Å². The topological polar surface area (TPSA) is 76.7 Å². The molecule has 1 spiro atoms. The van der Waals surface area contributed by atoms with E-state index in [0.717, 1.165) is 32.1 Å². The molecule has 0 bridgehead atoms. The van der Waals surface area contributed by atoms with Crippen LogP contribution in [0.2, 0.25) is 0 Å². The summed E-state index contributed by atoms with van der Waals surface area (Å²) in [7, 11) is 0. The molecule has 2 saturated carbocycles. The molecular formula is C18H32N2O4. The quantitative estimate of drug-likeness (QED) is 0.753. The number of nitrogens with one attached hydrogen (secondary N) is 2. The number of hydrogen-bond acceptors (Lipinski definition) is 5. The minimum absolute atomic E-state index is 0.186. The molecule has 0 aliphatic heterocycles. The lowest BCUT2D eigenvalue weighted by Gasteiger charge is -2.31. The maximum Gasteiger partial charge on any atom is 0.407 e. The highest BCUT2D eigenvalue weighted by Crippen LogP contribution is 2.56. The summed E-state index contributed by atoms with van der Waals surface area (Å²) in [6.07, 6.45) is 4.90. The van der Waals surface area contributed by atoms with Crippen LogP contribution in [0.25, 0.3) is 0 Å². The Balaban J connectivity index is 1.72. The summed E-state index contributed by atoms with van der Waals surface area (Å²) < 4.78 is 10.4. The van der Waals surface area contributed by atoms with E-state index in [1.807, 2.05) is 34.6 Å². The van der Waals surface area contributed by atoms with Crippen molar-refractivity contribution >= 4 is 12.1 Å². The fourth-order valence-corrected chi connectivity index (χ4v) is 3.60. The Morgan fingerprint density at radius 1 is 1.25 bits per heavy atom. The summed E-state index contributed by atoms with van der Waals surface area (Å²) in [5.74, 6) is -0.186. The van der Waals surface area contributed by atoms with Crippen molar-refractivity contribution in [3.05, 3.63) is 0 Å². The number of alkyl carbamates (subject to hydrolysis) is 1. The Labute approximate surface area is 145 Å². The molecule has 2 unspecified atom stereocenters. The molecule has 138 valence electrons. The van der Waals surface area contributed by atoms with Gasteiger partial charge in [0.2, 0.25) is 0 Å². The standard InChI is InChI=1S/C18H32N2O4/c1-6-23-15(21)12(2)19-13-7-9-18(10-8-13)11-14(18)20-16(22)24-17(3,4)5/h12-14,19H,6-11H2,1-5H3,(H,20,22). The van der Waals surface area contributed by atoms with Crippen molar-refractivity contribution in [1.29, 1.82) is 0 Å². The van der Waals surface area contributed by atoms with E-state index in [1.54, 1.807) is 0 Å². The molecule has 2 aliphatic rings. The van der Waals surface area contributed by atoms with E-state index in [2.05, 4.69) is 10.6 Å². The number of ether oxygens (including phenoxy) is 2. The maximum atomic E-state index is 11.9. The van der Waals surface area contributed by atoms with Gasteiger partial charge in [0.05, 0.1) is 6.61 Å². The van der Waals surface area contributed by atoms with E-state index in [1.165, 1.54) is 0 Å². The van der Waals surface area contributed by atoms with Gasteiger partial charge in [-0.15, -0.1) is 0 Å². The van der Waals surface area contributed by atoms with Crippen molar-refractivity contribution in [2.75, 3.05) is 6.61 Å². The van der Waals surface area contributed by atoms with Gasteiger partial charge in [-0.2, -0.15) is 0 Å². The SMILES string of the molecule is CCOC(=O)C(C)NC1CCC2(CC1)CC2NC(=O)OC(C)(C)C. The number of amides is 1. The van der Waals surface area contributed by atoms with Crippen LogP contribution in [-0.2, 0) is 14.3 Å². The normalized spacial score (nSPS) is 30.5. The lowest BCUT2D eigenvalue weighted by atomic mass is 9.82. The summed E-state index contributed by atoms with van der Waals surface area (Å²) in [5.41, 5.74) is -0.223. The highest BCUT2D eigenvalue weighted by Gasteiger charge is 2.56. The van der Waals surface area contributed by atoms with Gasteiger partial charge >= 0.3 is 12.1 Å². The number of hydrogen-bond donors (Lipinski definition) is 2. The van der Waals surface area contributed by atoms with Gasteiger partial charge in [0.1, 0.15) is 11.6 Å². The highest BCUT2D eigenvalue weighted by molar-refractivity contribution is 5.75. The van der Waals surface area contributed by atoms with E-state index in [4.69, 9.17) is 9.47 Å². The van der Waals surface area contributed by atoms with Crippen molar-refractivity contribution in [3.63, 3.8) is 0 Å². The van der Waals surface area contributed by atoms with E-state index >= 15 is 0 Å². The second-order valence-electron chi connectivity index (χ2n) is 8.18. The molecule has 0 aromatic carbocycles. The second-order valence-corrected chi connectivity index (χ2v) is 8.18. The van der Waals surface area contributed by atoms with E-state index < -0.39 is 5.60 Å². The average molecular weight is 340 g/mol. The number of carbonyl (C=O) groups excluding carboxylic acids is 2. The van der Waals surface area contributed by atoms with Crippen LogP contribution in [0.5, 0.6) is 0 Å². The molecule has 24 heavy (non-hydrogen) atoms. The zero-order valence-corrected chi connectivity index (χ0v) is 15.6. The molecule has 0 saturated heterocycles. The largest absolute Gasteiger partial charge is 0.465 e. The van der Waals surface area contributed by atoms with E-state index in [9.17, 15) is 9.59 Å². The average Bonchev–Trinajstić information content (AvgIpc) is 3.11. The van der Waals surface area contributed by atoms with Gasteiger partial charge in [-0.3, -0.25) is 4.79 Å². The van der Waals surface area contributed by atoms with Crippen LogP contribution >= 0.6 is 0 Å². The first-order valence-corrected chi connectivity index (χ1v) is 9.07. The Morgan fingerprint density at radius 3 is 2.42 bits per heavy atom. The van der Waals surface area contributed by atoms with Crippen LogP contribution < -0.4 is 10.6 Å². The molecule has 0 aromatic heterocycles. The van der Waals surface area contributed by atoms with Crippen molar-refractivity contribution in [2.24, 2.45) is 5.41 Å². The van der Waals surface area contributed by atoms with Gasteiger partial charge in [-0.25, -0.2) is 4.79 Å². The number of rotatable bonds is 5. The minimum Gasteiger partial charge on any atom is -0.465 e. The Morgan fingerprint density at radius 2 is 1.88 bits per heavy atom. The molecule has 1 amide bonds. The zero-order valence-electron chi connectivity index (χ0n) is 15.6. The molecular weight excluding hydrogens is 308 g/mol. The van der Waals surface area contributed by atoms with Crippen molar-refractivity contribution in [2.45, 2.75) is 90.4 Å². The van der Waals surface area contributed by atoms with Crippen LogP contribution in [0.1, 0.15) is 66.7 Å². The molecule has 6 nitrogen and oxygen atoms in total. The second kappa shape index (κ2) is 7.30. The molecule has 2 aliphatic carbocycles. The highest BCUT2D eigenvalue weighted by atomic mass is 16.6. The van der Waals surface area contributed by atoms with Gasteiger partial charge in [0.25, 0.3) is 0 Å². The third-order valence-electron chi connectivity index (χ3n) is 4.99. The molecule has 0 aromatic rings. The first kappa shape index (κ1) is 19.0. The third kappa shape index (κ3) is 5.10. The molecule has 2 atom stereocenters. The summed E-state index contributed by atoms with van der Waals surface area (Å²) >= 11 is 0. The van der Waals surface area contributed by atoms with Crippen LogP contribution in [0.15, 0.2) is 0 Å². The minimum atomic E-state index is -0.461. The van der Waals surface area contributed by atoms with Crippen LogP contribution in [0.3, 0.4) is 0 Å². The summed E-state index contributed by atoms with van der Waals surface area (Å²) in [5, 5.41) is 6.37. The third-order valence-corrected chi connectivity index (χ3v) is 4.99. The first-order chi connectivity index (χ1) is 11.1. The van der Waals surface area contributed by atoms with Crippen molar-refractivity contribution in [3.8, 4) is 0 Å². The fourth-order valence-electron chi connectivity index (χ4n) is 3.60. The predicted octanol–water partition coefficient (Wildman–Crippen LogP) is 2.75. The van der Waals surface area contributed by atoms with Gasteiger partial charge in [-0.05, 0) is 72.1 Å². The maximum absolute atomic E-state index is 11.9. The lowest BCUT2D eigenvalue weighted by Crippen LogP contribution is -2.45. The number of esters is 1. The number of carbonyl (C=O) groups is 2. The van der Waals surface area contributed by atoms with E-state index in [0.29, 0.717) is 12.6 Å². The Kier molecular flexibility index (Phi) is 5.78. The van der Waals surface area contributed by atoms with Gasteiger partial charge in [0, 0.05) is 12.1 Å². The Hall–Kier alpha value is -1.30. The molecule has 0 heterocycles. The molecule has 2 N–H and O–H groups in total. The molecule has 6 heteroatoms. The van der Waals surface area contributed by atoms with Crippen molar-refractivity contribution in [1.82, 2.24) is 10.6 Å². The molecule has 0 radical (unpaired) electrons. The molecule has 2 fully saturated rings. The monoisotopic (exact) mass is 340 g/mol. The summed E-state index contributed by atoms with van der Waals surface area (Å²) in [4.78, 5) is 23.6.